The highest BCUT2D eigenvalue weighted by Crippen LogP contribution is 2.41. The molecule has 80 valence electrons. The second-order valence-electron chi connectivity index (χ2n) is 3.60. The highest BCUT2D eigenvalue weighted by Gasteiger charge is 2.39. The molecule has 1 aliphatic rings. The van der Waals surface area contributed by atoms with Gasteiger partial charge < -0.3 is 5.11 Å². The Balaban J connectivity index is 2.94. The van der Waals surface area contributed by atoms with Crippen molar-refractivity contribution in [3.63, 3.8) is 0 Å². The van der Waals surface area contributed by atoms with Crippen LogP contribution in [-0.4, -0.2) is 10.7 Å². The predicted molar refractivity (Wildman–Crippen MR) is 52.2 cm³/mol. The highest BCUT2D eigenvalue weighted by molar-refractivity contribution is 6.30. The van der Waals surface area contributed by atoms with Crippen molar-refractivity contribution in [2.45, 2.75) is 31.3 Å². The lowest BCUT2D eigenvalue weighted by Crippen LogP contribution is -2.38. The van der Waals surface area contributed by atoms with Gasteiger partial charge in [0.1, 0.15) is 0 Å². The Morgan fingerprint density at radius 1 is 1.50 bits per heavy atom. The van der Waals surface area contributed by atoms with Crippen LogP contribution in [0.1, 0.15) is 25.7 Å². The summed E-state index contributed by atoms with van der Waals surface area (Å²) in [7, 11) is 0. The number of rotatable bonds is 2. The van der Waals surface area contributed by atoms with E-state index in [1.165, 1.54) is 6.08 Å². The molecule has 1 nitrogen and oxygen atoms in total. The SMILES string of the molecule is C=C[C@@]1(O)CCCC[C@@H]1C(Cl)=C(F)F. The van der Waals surface area contributed by atoms with Gasteiger partial charge in [-0.3, -0.25) is 0 Å². The molecule has 0 aromatic rings. The number of halogens is 3. The maximum atomic E-state index is 12.3. The Labute approximate surface area is 87.1 Å². The van der Waals surface area contributed by atoms with Gasteiger partial charge in [0, 0.05) is 5.92 Å². The van der Waals surface area contributed by atoms with E-state index >= 15 is 0 Å². The fraction of sp³-hybridized carbons (Fsp3) is 0.600. The summed E-state index contributed by atoms with van der Waals surface area (Å²) in [5.41, 5.74) is -1.27. The molecule has 0 unspecified atom stereocenters. The molecule has 1 rings (SSSR count). The number of hydrogen-bond acceptors (Lipinski definition) is 1. The molecule has 2 atom stereocenters. The molecule has 1 aliphatic carbocycles. The van der Waals surface area contributed by atoms with Crippen LogP contribution in [0.3, 0.4) is 0 Å². The molecule has 1 N–H and O–H groups in total. The molecule has 0 bridgehead atoms. The van der Waals surface area contributed by atoms with Crippen LogP contribution in [-0.2, 0) is 0 Å². The van der Waals surface area contributed by atoms with E-state index in [1.54, 1.807) is 0 Å². The van der Waals surface area contributed by atoms with Crippen molar-refractivity contribution in [3.05, 3.63) is 23.8 Å². The lowest BCUT2D eigenvalue weighted by Gasteiger charge is -2.37. The van der Waals surface area contributed by atoms with E-state index in [9.17, 15) is 13.9 Å². The Kier molecular flexibility index (Phi) is 3.67. The fourth-order valence-corrected chi connectivity index (χ4v) is 2.20. The number of aliphatic hydroxyl groups is 1. The molecule has 1 fully saturated rings. The topological polar surface area (TPSA) is 20.2 Å². The van der Waals surface area contributed by atoms with Crippen molar-refractivity contribution in [2.75, 3.05) is 0 Å². The minimum atomic E-state index is -1.90. The van der Waals surface area contributed by atoms with Crippen LogP contribution in [0.15, 0.2) is 23.8 Å². The van der Waals surface area contributed by atoms with Gasteiger partial charge in [0.2, 0.25) is 0 Å². The van der Waals surface area contributed by atoms with Gasteiger partial charge in [0.25, 0.3) is 6.08 Å². The third-order valence-electron chi connectivity index (χ3n) is 2.76. The van der Waals surface area contributed by atoms with Crippen LogP contribution >= 0.6 is 11.6 Å². The van der Waals surface area contributed by atoms with E-state index in [0.717, 1.165) is 12.8 Å². The van der Waals surface area contributed by atoms with Gasteiger partial charge in [0.15, 0.2) is 0 Å². The zero-order chi connectivity index (χ0) is 10.8. The molecule has 0 saturated heterocycles. The maximum Gasteiger partial charge on any atom is 0.285 e. The van der Waals surface area contributed by atoms with E-state index in [2.05, 4.69) is 6.58 Å². The normalized spacial score (nSPS) is 32.4. The average Bonchev–Trinajstić information content (AvgIpc) is 2.17. The van der Waals surface area contributed by atoms with Gasteiger partial charge in [-0.1, -0.05) is 30.5 Å². The van der Waals surface area contributed by atoms with Gasteiger partial charge in [0.05, 0.1) is 10.6 Å². The quantitative estimate of drug-likeness (QED) is 0.710. The first kappa shape index (κ1) is 11.7. The third-order valence-corrected chi connectivity index (χ3v) is 3.17. The summed E-state index contributed by atoms with van der Waals surface area (Å²) in [5.74, 6) is -0.694. The molecule has 0 radical (unpaired) electrons. The van der Waals surface area contributed by atoms with Crippen LogP contribution in [0.2, 0.25) is 0 Å². The molecule has 0 aromatic heterocycles. The van der Waals surface area contributed by atoms with E-state index in [-0.39, 0.29) is 0 Å². The largest absolute Gasteiger partial charge is 0.385 e. The first-order valence-electron chi connectivity index (χ1n) is 4.58. The Bertz CT molecular complexity index is 261. The van der Waals surface area contributed by atoms with Crippen LogP contribution in [0.25, 0.3) is 0 Å². The Morgan fingerprint density at radius 3 is 2.64 bits per heavy atom. The Hall–Kier alpha value is -0.410. The lowest BCUT2D eigenvalue weighted by molar-refractivity contribution is 0.0124. The molecule has 14 heavy (non-hydrogen) atoms. The summed E-state index contributed by atoms with van der Waals surface area (Å²) in [6, 6.07) is 0. The zero-order valence-electron chi connectivity index (χ0n) is 7.77. The molecular weight excluding hydrogens is 210 g/mol. The monoisotopic (exact) mass is 222 g/mol. The molecule has 0 aliphatic heterocycles. The number of hydrogen-bond donors (Lipinski definition) is 1. The molecular formula is C10H13ClF2O. The molecule has 0 heterocycles. The minimum absolute atomic E-state index is 0.449. The molecule has 0 aromatic carbocycles. The molecule has 4 heteroatoms. The van der Waals surface area contributed by atoms with Gasteiger partial charge in [-0.2, -0.15) is 8.78 Å². The van der Waals surface area contributed by atoms with Crippen LogP contribution < -0.4 is 0 Å². The molecule has 0 spiro atoms. The van der Waals surface area contributed by atoms with E-state index in [1.807, 2.05) is 0 Å². The average molecular weight is 223 g/mol. The van der Waals surface area contributed by atoms with Gasteiger partial charge in [-0.05, 0) is 12.8 Å². The molecule has 0 amide bonds. The Morgan fingerprint density at radius 2 is 2.14 bits per heavy atom. The van der Waals surface area contributed by atoms with E-state index in [4.69, 9.17) is 11.6 Å². The summed E-state index contributed by atoms with van der Waals surface area (Å²) in [5, 5.41) is 9.47. The van der Waals surface area contributed by atoms with Crippen molar-refractivity contribution in [2.24, 2.45) is 5.92 Å². The lowest BCUT2D eigenvalue weighted by atomic mass is 9.75. The van der Waals surface area contributed by atoms with Crippen LogP contribution in [0.4, 0.5) is 8.78 Å². The summed E-state index contributed by atoms with van der Waals surface area (Å²) in [6.45, 7) is 3.47. The second-order valence-corrected chi connectivity index (χ2v) is 4.01. The second kappa shape index (κ2) is 4.41. The van der Waals surface area contributed by atoms with Crippen molar-refractivity contribution < 1.29 is 13.9 Å². The van der Waals surface area contributed by atoms with Crippen molar-refractivity contribution in [3.8, 4) is 0 Å². The fourth-order valence-electron chi connectivity index (χ4n) is 1.90. The van der Waals surface area contributed by atoms with Crippen molar-refractivity contribution in [1.29, 1.82) is 0 Å². The summed E-state index contributed by atoms with van der Waals surface area (Å²) in [6.07, 6.45) is 1.98. The first-order valence-corrected chi connectivity index (χ1v) is 4.95. The van der Waals surface area contributed by atoms with Crippen molar-refractivity contribution in [1.82, 2.24) is 0 Å². The van der Waals surface area contributed by atoms with E-state index < -0.39 is 22.6 Å². The highest BCUT2D eigenvalue weighted by atomic mass is 35.5. The summed E-state index contributed by atoms with van der Waals surface area (Å²) in [4.78, 5) is 0. The van der Waals surface area contributed by atoms with Gasteiger partial charge in [-0.25, -0.2) is 0 Å². The zero-order valence-corrected chi connectivity index (χ0v) is 8.53. The smallest absolute Gasteiger partial charge is 0.285 e. The standard InChI is InChI=1S/C10H13ClF2O/c1-2-10(14)6-4-3-5-7(10)8(11)9(12)13/h2,7,14H,1,3-6H2/t7-,10-/m1/s1. The molecule has 1 saturated carbocycles. The first-order chi connectivity index (χ1) is 6.51. The van der Waals surface area contributed by atoms with Gasteiger partial charge in [-0.15, -0.1) is 6.58 Å². The van der Waals surface area contributed by atoms with Crippen molar-refractivity contribution >= 4 is 11.6 Å². The van der Waals surface area contributed by atoms with Gasteiger partial charge >= 0.3 is 0 Å². The summed E-state index contributed by atoms with van der Waals surface area (Å²) >= 11 is 5.48. The van der Waals surface area contributed by atoms with Crippen LogP contribution in [0.5, 0.6) is 0 Å². The third kappa shape index (κ3) is 2.15. The summed E-state index contributed by atoms with van der Waals surface area (Å²) < 4.78 is 24.6. The predicted octanol–water partition coefficient (Wildman–Crippen LogP) is 3.44. The van der Waals surface area contributed by atoms with E-state index in [0.29, 0.717) is 12.8 Å². The maximum absolute atomic E-state index is 12.3. The van der Waals surface area contributed by atoms with Crippen LogP contribution in [0, 0.1) is 5.92 Å². The minimum Gasteiger partial charge on any atom is -0.385 e.